The van der Waals surface area contributed by atoms with Gasteiger partial charge in [0.25, 0.3) is 0 Å². The first-order chi connectivity index (χ1) is 11.1. The Balaban J connectivity index is 1.68. The number of carbonyl (C=O) groups excluding carboxylic acids is 1. The van der Waals surface area contributed by atoms with Crippen molar-refractivity contribution in [2.45, 2.75) is 5.16 Å². The maximum atomic E-state index is 13.0. The van der Waals surface area contributed by atoms with Gasteiger partial charge in [0.1, 0.15) is 11.5 Å². The number of benzene rings is 1. The van der Waals surface area contributed by atoms with Crippen LogP contribution in [-0.2, 0) is 4.79 Å². The highest BCUT2D eigenvalue weighted by Gasteiger charge is 2.08. The molecule has 0 aliphatic rings. The largest absolute Gasteiger partial charge is 0.355 e. The SMILES string of the molecule is O=C(CSc1nc(=O)n2ccccc2n1)Nc1cccc(F)c1. The van der Waals surface area contributed by atoms with Crippen LogP contribution in [0.25, 0.3) is 5.65 Å². The van der Waals surface area contributed by atoms with Crippen molar-refractivity contribution in [1.82, 2.24) is 14.4 Å². The number of amides is 1. The molecule has 8 heteroatoms. The second-order valence-electron chi connectivity index (χ2n) is 4.56. The van der Waals surface area contributed by atoms with Gasteiger partial charge in [-0.15, -0.1) is 0 Å². The van der Waals surface area contributed by atoms with Gasteiger partial charge >= 0.3 is 5.69 Å². The summed E-state index contributed by atoms with van der Waals surface area (Å²) in [6, 6.07) is 10.8. The number of aromatic nitrogens is 3. The number of fused-ring (bicyclic) bond motifs is 1. The number of thioether (sulfide) groups is 1. The second kappa shape index (κ2) is 6.57. The third-order valence-electron chi connectivity index (χ3n) is 2.89. The number of hydrogen-bond acceptors (Lipinski definition) is 5. The number of pyridine rings is 1. The van der Waals surface area contributed by atoms with E-state index >= 15 is 0 Å². The molecule has 3 rings (SSSR count). The number of nitrogens with one attached hydrogen (secondary N) is 1. The molecule has 0 atom stereocenters. The fourth-order valence-corrected chi connectivity index (χ4v) is 2.54. The van der Waals surface area contributed by atoms with Gasteiger partial charge in [-0.3, -0.25) is 9.20 Å². The molecule has 0 spiro atoms. The highest BCUT2D eigenvalue weighted by Crippen LogP contribution is 2.14. The zero-order valence-corrected chi connectivity index (χ0v) is 12.6. The molecule has 116 valence electrons. The molecule has 0 unspecified atom stereocenters. The van der Waals surface area contributed by atoms with Crippen molar-refractivity contribution in [2.24, 2.45) is 0 Å². The minimum atomic E-state index is -0.455. The average Bonchev–Trinajstić information content (AvgIpc) is 2.53. The summed E-state index contributed by atoms with van der Waals surface area (Å²) >= 11 is 1.04. The lowest BCUT2D eigenvalue weighted by molar-refractivity contribution is -0.113. The first-order valence-electron chi connectivity index (χ1n) is 6.65. The minimum absolute atomic E-state index is 0.0129. The number of nitrogens with zero attached hydrogens (tertiary/aromatic N) is 3. The molecule has 3 aromatic rings. The lowest BCUT2D eigenvalue weighted by Crippen LogP contribution is -2.20. The lowest BCUT2D eigenvalue weighted by Gasteiger charge is -2.05. The first kappa shape index (κ1) is 15.2. The van der Waals surface area contributed by atoms with E-state index in [4.69, 9.17) is 0 Å². The van der Waals surface area contributed by atoms with Crippen molar-refractivity contribution in [3.8, 4) is 0 Å². The van der Waals surface area contributed by atoms with Crippen LogP contribution in [0.3, 0.4) is 0 Å². The van der Waals surface area contributed by atoms with Crippen LogP contribution in [-0.4, -0.2) is 26.0 Å². The molecular formula is C15H11FN4O2S. The summed E-state index contributed by atoms with van der Waals surface area (Å²) in [6.07, 6.45) is 1.57. The van der Waals surface area contributed by atoms with Crippen LogP contribution in [0.1, 0.15) is 0 Å². The number of anilines is 1. The molecule has 2 heterocycles. The predicted molar refractivity (Wildman–Crippen MR) is 85.0 cm³/mol. The molecule has 0 fully saturated rings. The van der Waals surface area contributed by atoms with E-state index in [1.165, 1.54) is 22.6 Å². The smallest absolute Gasteiger partial charge is 0.325 e. The molecule has 0 aliphatic heterocycles. The van der Waals surface area contributed by atoms with Crippen molar-refractivity contribution in [2.75, 3.05) is 11.1 Å². The zero-order chi connectivity index (χ0) is 16.2. The first-order valence-corrected chi connectivity index (χ1v) is 7.64. The van der Waals surface area contributed by atoms with E-state index in [0.29, 0.717) is 11.3 Å². The second-order valence-corrected chi connectivity index (χ2v) is 5.51. The normalized spacial score (nSPS) is 10.7. The van der Waals surface area contributed by atoms with Gasteiger partial charge in [-0.1, -0.05) is 23.9 Å². The fourth-order valence-electron chi connectivity index (χ4n) is 1.90. The molecule has 1 N–H and O–H groups in total. The Morgan fingerprint density at radius 2 is 2.09 bits per heavy atom. The third kappa shape index (κ3) is 3.72. The van der Waals surface area contributed by atoms with Crippen LogP contribution in [0, 0.1) is 5.82 Å². The predicted octanol–water partition coefficient (Wildman–Crippen LogP) is 1.96. The highest BCUT2D eigenvalue weighted by atomic mass is 32.2. The van der Waals surface area contributed by atoms with E-state index in [-0.39, 0.29) is 16.8 Å². The lowest BCUT2D eigenvalue weighted by atomic mass is 10.3. The van der Waals surface area contributed by atoms with E-state index in [9.17, 15) is 14.0 Å². The molecule has 1 amide bonds. The Hall–Kier alpha value is -2.74. The van der Waals surface area contributed by atoms with E-state index in [2.05, 4.69) is 15.3 Å². The molecule has 1 aromatic carbocycles. The van der Waals surface area contributed by atoms with Crippen LogP contribution >= 0.6 is 11.8 Å². The molecular weight excluding hydrogens is 319 g/mol. The van der Waals surface area contributed by atoms with Crippen LogP contribution in [0.15, 0.2) is 58.6 Å². The number of carbonyl (C=O) groups is 1. The fraction of sp³-hybridized carbons (Fsp3) is 0.0667. The van der Waals surface area contributed by atoms with Gasteiger partial charge < -0.3 is 5.32 Å². The van der Waals surface area contributed by atoms with Gasteiger partial charge in [0.2, 0.25) is 5.91 Å². The third-order valence-corrected chi connectivity index (χ3v) is 3.73. The summed E-state index contributed by atoms with van der Waals surface area (Å²) in [5.41, 5.74) is 0.374. The summed E-state index contributed by atoms with van der Waals surface area (Å²) in [6.45, 7) is 0. The van der Waals surface area contributed by atoms with Gasteiger partial charge in [-0.05, 0) is 30.3 Å². The number of hydrogen-bond donors (Lipinski definition) is 1. The van der Waals surface area contributed by atoms with Crippen molar-refractivity contribution < 1.29 is 9.18 Å². The quantitative estimate of drug-likeness (QED) is 0.740. The maximum absolute atomic E-state index is 13.0. The van der Waals surface area contributed by atoms with Crippen LogP contribution < -0.4 is 11.0 Å². The summed E-state index contributed by atoms with van der Waals surface area (Å²) in [7, 11) is 0. The van der Waals surface area contributed by atoms with Crippen molar-refractivity contribution in [3.63, 3.8) is 0 Å². The van der Waals surface area contributed by atoms with E-state index in [1.807, 2.05) is 0 Å². The highest BCUT2D eigenvalue weighted by molar-refractivity contribution is 7.99. The van der Waals surface area contributed by atoms with E-state index < -0.39 is 11.5 Å². The number of rotatable bonds is 4. The monoisotopic (exact) mass is 330 g/mol. The van der Waals surface area contributed by atoms with Gasteiger partial charge in [0, 0.05) is 11.9 Å². The summed E-state index contributed by atoms with van der Waals surface area (Å²) in [4.78, 5) is 31.7. The van der Waals surface area contributed by atoms with Gasteiger partial charge in [-0.2, -0.15) is 4.98 Å². The Morgan fingerprint density at radius 3 is 2.91 bits per heavy atom. The zero-order valence-electron chi connectivity index (χ0n) is 11.8. The van der Waals surface area contributed by atoms with E-state index in [1.54, 1.807) is 30.5 Å². The molecule has 0 saturated heterocycles. The topological polar surface area (TPSA) is 76.4 Å². The molecule has 23 heavy (non-hydrogen) atoms. The van der Waals surface area contributed by atoms with Crippen molar-refractivity contribution in [1.29, 1.82) is 0 Å². The van der Waals surface area contributed by atoms with Gasteiger partial charge in [0.15, 0.2) is 5.16 Å². The van der Waals surface area contributed by atoms with E-state index in [0.717, 1.165) is 11.8 Å². The van der Waals surface area contributed by atoms with Crippen molar-refractivity contribution >= 4 is 29.0 Å². The molecule has 0 aliphatic carbocycles. The Bertz CT molecular complexity index is 928. The van der Waals surface area contributed by atoms with Crippen molar-refractivity contribution in [3.05, 3.63) is 65.0 Å². The molecule has 0 bridgehead atoms. The van der Waals surface area contributed by atoms with Gasteiger partial charge in [0.05, 0.1) is 5.75 Å². The molecule has 2 aromatic heterocycles. The maximum Gasteiger partial charge on any atom is 0.355 e. The average molecular weight is 330 g/mol. The molecule has 6 nitrogen and oxygen atoms in total. The van der Waals surface area contributed by atoms with Gasteiger partial charge in [-0.25, -0.2) is 14.2 Å². The summed E-state index contributed by atoms with van der Waals surface area (Å²) in [5.74, 6) is -0.752. The standard InChI is InChI=1S/C15H11FN4O2S/c16-10-4-3-5-11(8-10)17-13(21)9-23-14-18-12-6-1-2-7-20(12)15(22)19-14/h1-8H,9H2,(H,17,21). The molecule has 0 radical (unpaired) electrons. The Kier molecular flexibility index (Phi) is 4.33. The van der Waals surface area contributed by atoms with Crippen LogP contribution in [0.4, 0.5) is 10.1 Å². The molecule has 0 saturated carbocycles. The number of halogens is 1. The van der Waals surface area contributed by atoms with Crippen LogP contribution in [0.2, 0.25) is 0 Å². The van der Waals surface area contributed by atoms with Crippen LogP contribution in [0.5, 0.6) is 0 Å². The Labute approximate surface area is 134 Å². The Morgan fingerprint density at radius 1 is 1.22 bits per heavy atom. The summed E-state index contributed by atoms with van der Waals surface area (Å²) in [5, 5.41) is 2.78. The summed E-state index contributed by atoms with van der Waals surface area (Å²) < 4.78 is 14.4. The minimum Gasteiger partial charge on any atom is -0.325 e.